The van der Waals surface area contributed by atoms with Gasteiger partial charge in [0, 0.05) is 18.8 Å². The van der Waals surface area contributed by atoms with Crippen LogP contribution in [0.4, 0.5) is 0 Å². The van der Waals surface area contributed by atoms with Crippen LogP contribution in [0.1, 0.15) is 51.5 Å². The number of amidine groups is 1. The van der Waals surface area contributed by atoms with Crippen molar-refractivity contribution < 1.29 is 14.4 Å². The Morgan fingerprint density at radius 3 is 2.66 bits per heavy atom. The number of nitrogens with zero attached hydrogens (tertiary/aromatic N) is 3. The van der Waals surface area contributed by atoms with E-state index < -0.39 is 5.54 Å². The summed E-state index contributed by atoms with van der Waals surface area (Å²) in [5, 5.41) is 3.08. The molecule has 1 atom stereocenters. The highest BCUT2D eigenvalue weighted by Crippen LogP contribution is 2.31. The zero-order valence-corrected chi connectivity index (χ0v) is 18.7. The molecular formula is C25H30N4O3. The van der Waals surface area contributed by atoms with E-state index in [0.29, 0.717) is 12.4 Å². The highest BCUT2D eigenvalue weighted by Gasteiger charge is 2.47. The van der Waals surface area contributed by atoms with Crippen LogP contribution >= 0.6 is 0 Å². The van der Waals surface area contributed by atoms with E-state index in [-0.39, 0.29) is 36.7 Å². The van der Waals surface area contributed by atoms with Crippen molar-refractivity contribution in [1.29, 1.82) is 0 Å². The zero-order valence-electron chi connectivity index (χ0n) is 18.7. The molecule has 0 radical (unpaired) electrons. The number of benzene rings is 1. The molecule has 168 valence electrons. The molecule has 1 unspecified atom stereocenters. The molecule has 0 saturated heterocycles. The Balaban J connectivity index is 1.59. The molecule has 0 spiro atoms. The molecule has 1 aromatic rings. The quantitative estimate of drug-likeness (QED) is 0.746. The topological polar surface area (TPSA) is 82.1 Å². The SMILES string of the molecule is CC1=CC2=NC(=O)CC(C)(C(=O)N(CC(=O)NC3CCCC3)Cc3ccccc3)N2C=C1. The molecule has 7 heteroatoms. The summed E-state index contributed by atoms with van der Waals surface area (Å²) in [6.45, 7) is 3.92. The van der Waals surface area contributed by atoms with Crippen LogP contribution in [0.15, 0.2) is 59.2 Å². The molecule has 7 nitrogen and oxygen atoms in total. The molecule has 32 heavy (non-hydrogen) atoms. The van der Waals surface area contributed by atoms with Gasteiger partial charge in [-0.25, -0.2) is 0 Å². The summed E-state index contributed by atoms with van der Waals surface area (Å²) in [4.78, 5) is 46.7. The molecule has 1 aromatic carbocycles. The van der Waals surface area contributed by atoms with E-state index >= 15 is 0 Å². The maximum absolute atomic E-state index is 13.9. The number of carbonyl (C=O) groups excluding carboxylic acids is 3. The molecule has 3 aliphatic rings. The van der Waals surface area contributed by atoms with Gasteiger partial charge in [-0.05, 0) is 50.0 Å². The van der Waals surface area contributed by atoms with Gasteiger partial charge in [-0.1, -0.05) is 43.2 Å². The van der Waals surface area contributed by atoms with Crippen molar-refractivity contribution in [2.24, 2.45) is 4.99 Å². The predicted octanol–water partition coefficient (Wildman–Crippen LogP) is 2.94. The Morgan fingerprint density at radius 2 is 1.94 bits per heavy atom. The van der Waals surface area contributed by atoms with Gasteiger partial charge in [-0.3, -0.25) is 14.4 Å². The van der Waals surface area contributed by atoms with Crippen LogP contribution < -0.4 is 5.32 Å². The Labute approximate surface area is 188 Å². The number of amides is 3. The summed E-state index contributed by atoms with van der Waals surface area (Å²) in [6, 6.07) is 9.79. The van der Waals surface area contributed by atoms with E-state index in [1.54, 1.807) is 29.0 Å². The van der Waals surface area contributed by atoms with Crippen molar-refractivity contribution >= 4 is 23.6 Å². The molecule has 4 rings (SSSR count). The van der Waals surface area contributed by atoms with E-state index in [4.69, 9.17) is 0 Å². The molecule has 1 fully saturated rings. The molecule has 1 aliphatic carbocycles. The first-order valence-electron chi connectivity index (χ1n) is 11.3. The summed E-state index contributed by atoms with van der Waals surface area (Å²) in [5.41, 5.74) is 0.741. The van der Waals surface area contributed by atoms with E-state index in [1.165, 1.54) is 0 Å². The number of carbonyl (C=O) groups is 3. The van der Waals surface area contributed by atoms with Gasteiger partial charge in [0.25, 0.3) is 5.91 Å². The van der Waals surface area contributed by atoms with Crippen molar-refractivity contribution in [2.75, 3.05) is 6.54 Å². The van der Waals surface area contributed by atoms with Gasteiger partial charge in [0.2, 0.25) is 11.8 Å². The second kappa shape index (κ2) is 9.10. The van der Waals surface area contributed by atoms with E-state index in [1.807, 2.05) is 43.3 Å². The highest BCUT2D eigenvalue weighted by atomic mass is 16.2. The van der Waals surface area contributed by atoms with Crippen LogP contribution in [0.25, 0.3) is 0 Å². The Kier molecular flexibility index (Phi) is 6.26. The smallest absolute Gasteiger partial charge is 0.250 e. The van der Waals surface area contributed by atoms with Crippen LogP contribution in [-0.2, 0) is 20.9 Å². The molecule has 3 amide bonds. The first kappa shape index (κ1) is 22.0. The molecule has 1 saturated carbocycles. The lowest BCUT2D eigenvalue weighted by Gasteiger charge is -2.44. The van der Waals surface area contributed by atoms with Crippen molar-refractivity contribution in [3.8, 4) is 0 Å². The van der Waals surface area contributed by atoms with Gasteiger partial charge >= 0.3 is 0 Å². The predicted molar refractivity (Wildman–Crippen MR) is 122 cm³/mol. The maximum Gasteiger partial charge on any atom is 0.250 e. The van der Waals surface area contributed by atoms with Gasteiger partial charge in [0.15, 0.2) is 0 Å². The Morgan fingerprint density at radius 1 is 1.22 bits per heavy atom. The second-order valence-corrected chi connectivity index (χ2v) is 9.08. The summed E-state index contributed by atoms with van der Waals surface area (Å²) in [7, 11) is 0. The summed E-state index contributed by atoms with van der Waals surface area (Å²) >= 11 is 0. The van der Waals surface area contributed by atoms with Crippen LogP contribution in [0.2, 0.25) is 0 Å². The fourth-order valence-electron chi connectivity index (χ4n) is 4.68. The van der Waals surface area contributed by atoms with Crippen LogP contribution in [0.3, 0.4) is 0 Å². The van der Waals surface area contributed by atoms with Crippen molar-refractivity contribution in [3.05, 3.63) is 59.8 Å². The number of allylic oxidation sites excluding steroid dienone is 2. The third kappa shape index (κ3) is 4.66. The van der Waals surface area contributed by atoms with E-state index in [0.717, 1.165) is 36.8 Å². The normalized spacial score (nSPS) is 22.8. The lowest BCUT2D eigenvalue weighted by molar-refractivity contribution is -0.146. The number of fused-ring (bicyclic) bond motifs is 1. The van der Waals surface area contributed by atoms with Gasteiger partial charge < -0.3 is 15.1 Å². The number of nitrogens with one attached hydrogen (secondary N) is 1. The largest absolute Gasteiger partial charge is 0.352 e. The van der Waals surface area contributed by atoms with E-state index in [9.17, 15) is 14.4 Å². The molecule has 2 heterocycles. The third-order valence-corrected chi connectivity index (χ3v) is 6.38. The lowest BCUT2D eigenvalue weighted by atomic mass is 9.89. The van der Waals surface area contributed by atoms with E-state index in [2.05, 4.69) is 10.3 Å². The molecule has 0 bridgehead atoms. The van der Waals surface area contributed by atoms with Gasteiger partial charge in [-0.15, -0.1) is 0 Å². The number of hydrogen-bond acceptors (Lipinski definition) is 4. The molecular weight excluding hydrogens is 404 g/mol. The summed E-state index contributed by atoms with van der Waals surface area (Å²) < 4.78 is 0. The first-order chi connectivity index (χ1) is 15.3. The zero-order chi connectivity index (χ0) is 22.7. The van der Waals surface area contributed by atoms with Gasteiger partial charge in [-0.2, -0.15) is 4.99 Å². The maximum atomic E-state index is 13.9. The molecule has 2 aliphatic heterocycles. The average Bonchev–Trinajstić information content (AvgIpc) is 3.25. The number of aliphatic imine (C=N–C) groups is 1. The Bertz CT molecular complexity index is 992. The van der Waals surface area contributed by atoms with Crippen LogP contribution in [0.5, 0.6) is 0 Å². The number of hydrogen-bond donors (Lipinski definition) is 1. The fourth-order valence-corrected chi connectivity index (χ4v) is 4.68. The second-order valence-electron chi connectivity index (χ2n) is 9.08. The fraction of sp³-hybridized carbons (Fsp3) is 0.440. The minimum atomic E-state index is -1.15. The number of rotatable bonds is 6. The minimum Gasteiger partial charge on any atom is -0.352 e. The van der Waals surface area contributed by atoms with Crippen LogP contribution in [-0.4, -0.2) is 51.5 Å². The lowest BCUT2D eigenvalue weighted by Crippen LogP contribution is -2.61. The van der Waals surface area contributed by atoms with Gasteiger partial charge in [0.05, 0.1) is 13.0 Å². The monoisotopic (exact) mass is 434 g/mol. The average molecular weight is 435 g/mol. The van der Waals surface area contributed by atoms with Gasteiger partial charge in [0.1, 0.15) is 11.4 Å². The third-order valence-electron chi connectivity index (χ3n) is 6.38. The first-order valence-corrected chi connectivity index (χ1v) is 11.3. The Hall–Kier alpha value is -3.22. The minimum absolute atomic E-state index is 0.0396. The molecule has 1 N–H and O–H groups in total. The van der Waals surface area contributed by atoms with Crippen molar-refractivity contribution in [2.45, 2.75) is 64.1 Å². The summed E-state index contributed by atoms with van der Waals surface area (Å²) in [5.74, 6) is -0.291. The van der Waals surface area contributed by atoms with Crippen LogP contribution in [0, 0.1) is 0 Å². The highest BCUT2D eigenvalue weighted by molar-refractivity contribution is 6.10. The summed E-state index contributed by atoms with van der Waals surface area (Å²) in [6.07, 6.45) is 9.66. The van der Waals surface area contributed by atoms with Crippen molar-refractivity contribution in [3.63, 3.8) is 0 Å². The standard InChI is InChI=1S/C25H30N4O3/c1-18-12-13-29-21(14-18)27-22(30)15-25(29,2)24(32)28(16-19-8-4-3-5-9-19)17-23(31)26-20-10-6-7-11-20/h3-5,8-9,12-14,20H,6-7,10-11,15-17H2,1-2H3,(H,26,31). The van der Waals surface area contributed by atoms with Crippen molar-refractivity contribution in [1.82, 2.24) is 15.1 Å². The molecule has 0 aromatic heterocycles.